The number of benzene rings is 1. The van der Waals surface area contributed by atoms with Crippen LogP contribution in [0.4, 0.5) is 4.39 Å². The molecule has 2 fully saturated rings. The maximum atomic E-state index is 14.0. The summed E-state index contributed by atoms with van der Waals surface area (Å²) in [5.41, 5.74) is 0.0849. The standard InChI is InChI=1S/C19H26ClFN2O/c20-15-8-9-16(17(21)12-15)19(24)22-18-7-3-2-6-14(18)13-23-10-4-1-5-11-23/h8-9,12,14,18H,1-7,10-11,13H2,(H,22,24)/t14-,18+/m0/s1. The van der Waals surface area contributed by atoms with Crippen LogP contribution in [0.1, 0.15) is 55.3 Å². The van der Waals surface area contributed by atoms with Gasteiger partial charge in [0, 0.05) is 17.6 Å². The van der Waals surface area contributed by atoms with Crippen molar-refractivity contribution in [3.63, 3.8) is 0 Å². The molecule has 0 radical (unpaired) electrons. The van der Waals surface area contributed by atoms with E-state index in [-0.39, 0.29) is 17.5 Å². The van der Waals surface area contributed by atoms with Crippen LogP contribution in [0.3, 0.4) is 0 Å². The van der Waals surface area contributed by atoms with E-state index >= 15 is 0 Å². The minimum Gasteiger partial charge on any atom is -0.349 e. The summed E-state index contributed by atoms with van der Waals surface area (Å²) < 4.78 is 14.0. The Morgan fingerprint density at radius 1 is 1.17 bits per heavy atom. The van der Waals surface area contributed by atoms with Gasteiger partial charge in [0.05, 0.1) is 5.56 Å². The van der Waals surface area contributed by atoms with Crippen molar-refractivity contribution >= 4 is 17.5 Å². The van der Waals surface area contributed by atoms with E-state index in [1.54, 1.807) is 6.07 Å². The van der Waals surface area contributed by atoms with Gasteiger partial charge in [-0.3, -0.25) is 4.79 Å². The number of hydrogen-bond donors (Lipinski definition) is 1. The van der Waals surface area contributed by atoms with Crippen molar-refractivity contribution in [2.24, 2.45) is 5.92 Å². The van der Waals surface area contributed by atoms with Crippen LogP contribution in [0.25, 0.3) is 0 Å². The molecule has 1 saturated carbocycles. The number of rotatable bonds is 4. The molecule has 1 heterocycles. The van der Waals surface area contributed by atoms with Gasteiger partial charge in [0.15, 0.2) is 0 Å². The minimum absolute atomic E-state index is 0.0849. The second-order valence-corrected chi connectivity index (χ2v) is 7.55. The van der Waals surface area contributed by atoms with Gasteiger partial charge in [-0.15, -0.1) is 0 Å². The molecule has 1 amide bonds. The molecule has 0 unspecified atom stereocenters. The van der Waals surface area contributed by atoms with E-state index in [1.807, 2.05) is 0 Å². The largest absolute Gasteiger partial charge is 0.349 e. The van der Waals surface area contributed by atoms with Crippen LogP contribution in [0.2, 0.25) is 5.02 Å². The first-order valence-corrected chi connectivity index (χ1v) is 9.49. The molecule has 1 aromatic rings. The normalized spacial score (nSPS) is 25.4. The Morgan fingerprint density at radius 2 is 1.92 bits per heavy atom. The molecule has 0 aromatic heterocycles. The molecular formula is C19H26ClFN2O. The molecule has 3 rings (SSSR count). The Labute approximate surface area is 148 Å². The number of likely N-dealkylation sites (tertiary alicyclic amines) is 1. The van der Waals surface area contributed by atoms with Crippen LogP contribution in [0.15, 0.2) is 18.2 Å². The van der Waals surface area contributed by atoms with Crippen molar-refractivity contribution in [1.29, 1.82) is 0 Å². The van der Waals surface area contributed by atoms with Crippen molar-refractivity contribution in [1.82, 2.24) is 10.2 Å². The Morgan fingerprint density at radius 3 is 2.67 bits per heavy atom. The first kappa shape index (κ1) is 17.7. The zero-order chi connectivity index (χ0) is 16.9. The van der Waals surface area contributed by atoms with E-state index < -0.39 is 5.82 Å². The maximum absolute atomic E-state index is 14.0. The van der Waals surface area contributed by atoms with Gasteiger partial charge in [0.2, 0.25) is 0 Å². The Balaban J connectivity index is 1.63. The van der Waals surface area contributed by atoms with E-state index in [4.69, 9.17) is 11.6 Å². The summed E-state index contributed by atoms with van der Waals surface area (Å²) in [6, 6.07) is 4.37. The highest BCUT2D eigenvalue weighted by Gasteiger charge is 2.29. The summed E-state index contributed by atoms with van der Waals surface area (Å²) >= 11 is 5.77. The molecule has 132 valence electrons. The summed E-state index contributed by atoms with van der Waals surface area (Å²) in [5.74, 6) is -0.403. The summed E-state index contributed by atoms with van der Waals surface area (Å²) in [7, 11) is 0. The van der Waals surface area contributed by atoms with Crippen LogP contribution in [0.5, 0.6) is 0 Å². The number of halogens is 2. The molecular weight excluding hydrogens is 327 g/mol. The van der Waals surface area contributed by atoms with Crippen molar-refractivity contribution < 1.29 is 9.18 Å². The van der Waals surface area contributed by atoms with E-state index in [0.717, 1.165) is 25.8 Å². The highest BCUT2D eigenvalue weighted by atomic mass is 35.5. The van der Waals surface area contributed by atoms with Crippen LogP contribution < -0.4 is 5.32 Å². The molecule has 3 nitrogen and oxygen atoms in total. The van der Waals surface area contributed by atoms with Crippen molar-refractivity contribution in [2.75, 3.05) is 19.6 Å². The zero-order valence-electron chi connectivity index (χ0n) is 14.1. The van der Waals surface area contributed by atoms with Gasteiger partial charge in [-0.05, 0) is 62.9 Å². The fraction of sp³-hybridized carbons (Fsp3) is 0.632. The zero-order valence-corrected chi connectivity index (χ0v) is 14.8. The number of carbonyl (C=O) groups is 1. The van der Waals surface area contributed by atoms with Gasteiger partial charge in [0.25, 0.3) is 5.91 Å². The average molecular weight is 353 g/mol. The number of piperidine rings is 1. The van der Waals surface area contributed by atoms with Gasteiger partial charge in [0.1, 0.15) is 5.82 Å². The molecule has 0 spiro atoms. The Hall–Kier alpha value is -1.13. The number of nitrogens with one attached hydrogen (secondary N) is 1. The van der Waals surface area contributed by atoms with E-state index in [1.165, 1.54) is 50.9 Å². The highest BCUT2D eigenvalue weighted by molar-refractivity contribution is 6.30. The molecule has 1 saturated heterocycles. The molecule has 2 atom stereocenters. The topological polar surface area (TPSA) is 32.3 Å². The molecule has 0 bridgehead atoms. The monoisotopic (exact) mass is 352 g/mol. The van der Waals surface area contributed by atoms with Gasteiger partial charge >= 0.3 is 0 Å². The lowest BCUT2D eigenvalue weighted by atomic mass is 9.83. The van der Waals surface area contributed by atoms with Gasteiger partial charge in [-0.2, -0.15) is 0 Å². The third-order valence-electron chi connectivity index (χ3n) is 5.34. The lowest BCUT2D eigenvalue weighted by molar-refractivity contribution is 0.0873. The van der Waals surface area contributed by atoms with Crippen molar-refractivity contribution in [3.05, 3.63) is 34.6 Å². The summed E-state index contributed by atoms with van der Waals surface area (Å²) in [5, 5.41) is 3.40. The van der Waals surface area contributed by atoms with Crippen LogP contribution in [-0.4, -0.2) is 36.5 Å². The lowest BCUT2D eigenvalue weighted by Crippen LogP contribution is -2.47. The predicted octanol–water partition coefficient (Wildman–Crippen LogP) is 4.25. The summed E-state index contributed by atoms with van der Waals surface area (Å²) in [6.45, 7) is 3.39. The third-order valence-corrected chi connectivity index (χ3v) is 5.58. The smallest absolute Gasteiger partial charge is 0.254 e. The average Bonchev–Trinajstić information content (AvgIpc) is 2.57. The second kappa shape index (κ2) is 8.30. The number of amides is 1. The SMILES string of the molecule is O=C(N[C@@H]1CCCC[C@H]1CN1CCCCC1)c1ccc(Cl)cc1F. The Bertz CT molecular complexity index is 574. The minimum atomic E-state index is -0.552. The summed E-state index contributed by atoms with van der Waals surface area (Å²) in [6.07, 6.45) is 8.37. The first-order chi connectivity index (χ1) is 11.6. The van der Waals surface area contributed by atoms with Crippen LogP contribution in [0, 0.1) is 11.7 Å². The maximum Gasteiger partial charge on any atom is 0.254 e. The molecule has 5 heteroatoms. The molecule has 2 aliphatic rings. The second-order valence-electron chi connectivity index (χ2n) is 7.11. The number of hydrogen-bond acceptors (Lipinski definition) is 2. The molecule has 24 heavy (non-hydrogen) atoms. The van der Waals surface area contributed by atoms with E-state index in [9.17, 15) is 9.18 Å². The van der Waals surface area contributed by atoms with Gasteiger partial charge in [-0.25, -0.2) is 4.39 Å². The fourth-order valence-corrected chi connectivity index (χ4v) is 4.17. The van der Waals surface area contributed by atoms with Crippen LogP contribution >= 0.6 is 11.6 Å². The molecule has 1 aliphatic heterocycles. The van der Waals surface area contributed by atoms with Crippen molar-refractivity contribution in [3.8, 4) is 0 Å². The van der Waals surface area contributed by atoms with Gasteiger partial charge < -0.3 is 10.2 Å². The number of carbonyl (C=O) groups excluding carboxylic acids is 1. The van der Waals surface area contributed by atoms with E-state index in [2.05, 4.69) is 10.2 Å². The fourth-order valence-electron chi connectivity index (χ4n) is 4.01. The molecule has 1 aromatic carbocycles. The molecule has 1 aliphatic carbocycles. The quantitative estimate of drug-likeness (QED) is 0.878. The third kappa shape index (κ3) is 4.48. The van der Waals surface area contributed by atoms with E-state index in [0.29, 0.717) is 10.9 Å². The van der Waals surface area contributed by atoms with Crippen molar-refractivity contribution in [2.45, 2.75) is 51.0 Å². The first-order valence-electron chi connectivity index (χ1n) is 9.12. The lowest BCUT2D eigenvalue weighted by Gasteiger charge is -2.37. The summed E-state index contributed by atoms with van der Waals surface area (Å²) in [4.78, 5) is 15.0. The van der Waals surface area contributed by atoms with Gasteiger partial charge in [-0.1, -0.05) is 30.9 Å². The molecule has 1 N–H and O–H groups in total. The van der Waals surface area contributed by atoms with Crippen LogP contribution in [-0.2, 0) is 0 Å². The Kier molecular flexibility index (Phi) is 6.12. The highest BCUT2D eigenvalue weighted by Crippen LogP contribution is 2.27. The predicted molar refractivity (Wildman–Crippen MR) is 94.9 cm³/mol. The number of nitrogens with zero attached hydrogens (tertiary/aromatic N) is 1.